The Morgan fingerprint density at radius 1 is 1.18 bits per heavy atom. The number of hydrogen-bond acceptors (Lipinski definition) is 2. The van der Waals surface area contributed by atoms with E-state index in [9.17, 15) is 5.11 Å². The molecule has 17 heavy (non-hydrogen) atoms. The van der Waals surface area contributed by atoms with Gasteiger partial charge in [0.15, 0.2) is 0 Å². The lowest BCUT2D eigenvalue weighted by molar-refractivity contribution is -0.207. The van der Waals surface area contributed by atoms with Gasteiger partial charge in [-0.3, -0.25) is 0 Å². The van der Waals surface area contributed by atoms with Crippen molar-refractivity contribution in [2.75, 3.05) is 6.61 Å². The number of ether oxygens (including phenoxy) is 1. The summed E-state index contributed by atoms with van der Waals surface area (Å²) in [6.07, 6.45) is 8.44. The molecule has 2 saturated carbocycles. The van der Waals surface area contributed by atoms with E-state index in [0.717, 1.165) is 19.4 Å². The molecule has 0 amide bonds. The lowest BCUT2D eigenvalue weighted by Gasteiger charge is -2.55. The van der Waals surface area contributed by atoms with Gasteiger partial charge in [0, 0.05) is 18.4 Å². The lowest BCUT2D eigenvalue weighted by atomic mass is 9.56. The van der Waals surface area contributed by atoms with Gasteiger partial charge in [0.05, 0.1) is 12.2 Å². The topological polar surface area (TPSA) is 29.5 Å². The third-order valence-electron chi connectivity index (χ3n) is 4.70. The van der Waals surface area contributed by atoms with Crippen LogP contribution in [-0.2, 0) is 4.74 Å². The second-order valence-electron chi connectivity index (χ2n) is 7.22. The van der Waals surface area contributed by atoms with Crippen molar-refractivity contribution in [2.45, 2.75) is 77.9 Å². The van der Waals surface area contributed by atoms with Gasteiger partial charge in [-0.2, -0.15) is 0 Å². The van der Waals surface area contributed by atoms with Gasteiger partial charge in [-0.25, -0.2) is 0 Å². The van der Waals surface area contributed by atoms with E-state index in [2.05, 4.69) is 20.8 Å². The molecule has 0 bridgehead atoms. The van der Waals surface area contributed by atoms with E-state index in [0.29, 0.717) is 11.5 Å². The highest BCUT2D eigenvalue weighted by atomic mass is 16.5. The van der Waals surface area contributed by atoms with Crippen molar-refractivity contribution in [1.82, 2.24) is 0 Å². The van der Waals surface area contributed by atoms with Crippen LogP contribution in [0.2, 0.25) is 0 Å². The molecule has 2 rings (SSSR count). The molecular formula is C15H28O2. The molecule has 2 unspecified atom stereocenters. The van der Waals surface area contributed by atoms with Crippen LogP contribution in [0.4, 0.5) is 0 Å². The maximum Gasteiger partial charge on any atom is 0.0680 e. The van der Waals surface area contributed by atoms with Gasteiger partial charge in [-0.15, -0.1) is 0 Å². The molecule has 0 aliphatic heterocycles. The Bertz CT molecular complexity index is 248. The van der Waals surface area contributed by atoms with Gasteiger partial charge >= 0.3 is 0 Å². The Balaban J connectivity index is 1.81. The fraction of sp³-hybridized carbons (Fsp3) is 1.00. The zero-order valence-corrected chi connectivity index (χ0v) is 11.7. The van der Waals surface area contributed by atoms with Crippen LogP contribution >= 0.6 is 0 Å². The molecule has 0 aromatic carbocycles. The van der Waals surface area contributed by atoms with Crippen molar-refractivity contribution < 1.29 is 9.84 Å². The SMILES string of the molecule is CC(C)(C)CCOC1CC(O)C12CCCCC2. The summed E-state index contributed by atoms with van der Waals surface area (Å²) in [7, 11) is 0. The average molecular weight is 240 g/mol. The van der Waals surface area contributed by atoms with Crippen LogP contribution in [0.5, 0.6) is 0 Å². The number of aliphatic hydroxyl groups excluding tert-OH is 1. The van der Waals surface area contributed by atoms with E-state index in [1.807, 2.05) is 0 Å². The molecule has 1 spiro atoms. The van der Waals surface area contributed by atoms with Crippen molar-refractivity contribution in [3.05, 3.63) is 0 Å². The summed E-state index contributed by atoms with van der Waals surface area (Å²) in [6, 6.07) is 0. The van der Waals surface area contributed by atoms with Crippen LogP contribution in [0.15, 0.2) is 0 Å². The van der Waals surface area contributed by atoms with Gasteiger partial charge in [-0.05, 0) is 24.7 Å². The summed E-state index contributed by atoms with van der Waals surface area (Å²) in [4.78, 5) is 0. The summed E-state index contributed by atoms with van der Waals surface area (Å²) in [6.45, 7) is 7.61. The first-order valence-corrected chi connectivity index (χ1v) is 7.24. The average Bonchev–Trinajstić information content (AvgIpc) is 2.28. The molecular weight excluding hydrogens is 212 g/mol. The smallest absolute Gasteiger partial charge is 0.0680 e. The largest absolute Gasteiger partial charge is 0.392 e. The highest BCUT2D eigenvalue weighted by Gasteiger charge is 2.55. The van der Waals surface area contributed by atoms with Crippen LogP contribution in [0.25, 0.3) is 0 Å². The van der Waals surface area contributed by atoms with E-state index in [1.54, 1.807) is 0 Å². The third-order valence-corrected chi connectivity index (χ3v) is 4.70. The predicted octanol–water partition coefficient (Wildman–Crippen LogP) is 3.52. The summed E-state index contributed by atoms with van der Waals surface area (Å²) < 4.78 is 6.06. The summed E-state index contributed by atoms with van der Waals surface area (Å²) >= 11 is 0. The van der Waals surface area contributed by atoms with Gasteiger partial charge in [0.1, 0.15) is 0 Å². The Morgan fingerprint density at radius 2 is 1.82 bits per heavy atom. The summed E-state index contributed by atoms with van der Waals surface area (Å²) in [5.74, 6) is 0. The molecule has 2 heteroatoms. The molecule has 0 aromatic heterocycles. The summed E-state index contributed by atoms with van der Waals surface area (Å²) in [5, 5.41) is 10.1. The van der Waals surface area contributed by atoms with Crippen molar-refractivity contribution in [3.63, 3.8) is 0 Å². The first-order chi connectivity index (χ1) is 7.94. The quantitative estimate of drug-likeness (QED) is 0.818. The highest BCUT2D eigenvalue weighted by molar-refractivity contribution is 5.05. The Hall–Kier alpha value is -0.0800. The lowest BCUT2D eigenvalue weighted by Crippen LogP contribution is -2.59. The van der Waals surface area contributed by atoms with Crippen LogP contribution in [0.1, 0.15) is 65.7 Å². The van der Waals surface area contributed by atoms with Crippen molar-refractivity contribution in [3.8, 4) is 0 Å². The Morgan fingerprint density at radius 3 is 2.35 bits per heavy atom. The fourth-order valence-electron chi connectivity index (χ4n) is 3.33. The summed E-state index contributed by atoms with van der Waals surface area (Å²) in [5.41, 5.74) is 0.484. The third kappa shape index (κ3) is 2.85. The molecule has 2 aliphatic carbocycles. The molecule has 2 fully saturated rings. The number of hydrogen-bond donors (Lipinski definition) is 1. The zero-order chi connectivity index (χ0) is 12.5. The highest BCUT2D eigenvalue weighted by Crippen LogP contribution is 2.53. The van der Waals surface area contributed by atoms with Gasteiger partial charge < -0.3 is 9.84 Å². The monoisotopic (exact) mass is 240 g/mol. The van der Waals surface area contributed by atoms with E-state index in [-0.39, 0.29) is 11.5 Å². The zero-order valence-electron chi connectivity index (χ0n) is 11.7. The van der Waals surface area contributed by atoms with Gasteiger partial charge in [-0.1, -0.05) is 40.0 Å². The van der Waals surface area contributed by atoms with Gasteiger partial charge in [0.25, 0.3) is 0 Å². The number of aliphatic hydroxyl groups is 1. The minimum atomic E-state index is -0.0950. The van der Waals surface area contributed by atoms with E-state index >= 15 is 0 Å². The molecule has 100 valence electrons. The number of rotatable bonds is 3. The van der Waals surface area contributed by atoms with E-state index in [1.165, 1.54) is 32.1 Å². The maximum absolute atomic E-state index is 10.1. The fourth-order valence-corrected chi connectivity index (χ4v) is 3.33. The van der Waals surface area contributed by atoms with Gasteiger partial charge in [0.2, 0.25) is 0 Å². The normalized spacial score (nSPS) is 32.5. The predicted molar refractivity (Wildman–Crippen MR) is 70.0 cm³/mol. The van der Waals surface area contributed by atoms with E-state index in [4.69, 9.17) is 4.74 Å². The first kappa shape index (κ1) is 13.4. The standard InChI is InChI=1S/C15H28O2/c1-14(2,3)9-10-17-13-11-12(16)15(13)7-5-4-6-8-15/h12-13,16H,4-11H2,1-3H3. The van der Waals surface area contributed by atoms with Crippen molar-refractivity contribution in [2.24, 2.45) is 10.8 Å². The van der Waals surface area contributed by atoms with Crippen LogP contribution in [-0.4, -0.2) is 23.9 Å². The molecule has 2 atom stereocenters. The minimum Gasteiger partial charge on any atom is -0.392 e. The molecule has 0 radical (unpaired) electrons. The second kappa shape index (κ2) is 4.89. The minimum absolute atomic E-state index is 0.0950. The molecule has 0 saturated heterocycles. The molecule has 0 heterocycles. The maximum atomic E-state index is 10.1. The van der Waals surface area contributed by atoms with Crippen LogP contribution in [0.3, 0.4) is 0 Å². The van der Waals surface area contributed by atoms with Crippen LogP contribution < -0.4 is 0 Å². The molecule has 2 aliphatic rings. The Labute approximate surface area is 106 Å². The molecule has 0 aromatic rings. The Kier molecular flexibility index (Phi) is 3.84. The van der Waals surface area contributed by atoms with Crippen molar-refractivity contribution in [1.29, 1.82) is 0 Å². The first-order valence-electron chi connectivity index (χ1n) is 7.24. The molecule has 1 N–H and O–H groups in total. The van der Waals surface area contributed by atoms with Crippen molar-refractivity contribution >= 4 is 0 Å². The second-order valence-corrected chi connectivity index (χ2v) is 7.22. The van der Waals surface area contributed by atoms with Crippen LogP contribution in [0, 0.1) is 10.8 Å². The molecule has 2 nitrogen and oxygen atoms in total. The van der Waals surface area contributed by atoms with E-state index < -0.39 is 0 Å².